The smallest absolute Gasteiger partial charge is 0.338 e. The van der Waals surface area contributed by atoms with Gasteiger partial charge in [0.25, 0.3) is 5.91 Å². The van der Waals surface area contributed by atoms with Crippen LogP contribution in [0.4, 0.5) is 23.2 Å². The molecule has 0 aromatic carbocycles. The number of hydrogen-bond donors (Lipinski definition) is 2. The number of amides is 1. The molecule has 0 saturated heterocycles. The lowest BCUT2D eigenvalue weighted by molar-refractivity contribution is -0.147. The molecular weight excluding hydrogens is 475 g/mol. The van der Waals surface area contributed by atoms with Gasteiger partial charge >= 0.3 is 6.18 Å². The molecule has 2 aromatic heterocycles. The van der Waals surface area contributed by atoms with E-state index in [2.05, 4.69) is 10.3 Å². The van der Waals surface area contributed by atoms with Crippen LogP contribution in [0.15, 0.2) is 17.0 Å². The van der Waals surface area contributed by atoms with E-state index in [9.17, 15) is 30.8 Å². The summed E-state index contributed by atoms with van der Waals surface area (Å²) in [6.45, 7) is 0.880. The Morgan fingerprint density at radius 1 is 1.30 bits per heavy atom. The molecule has 3 rings (SSSR count). The van der Waals surface area contributed by atoms with Gasteiger partial charge in [-0.05, 0) is 25.8 Å². The van der Waals surface area contributed by atoms with Crippen LogP contribution in [-0.2, 0) is 23.0 Å². The molecule has 0 radical (unpaired) electrons. The fourth-order valence-corrected chi connectivity index (χ4v) is 5.46. The number of aromatic nitrogens is 2. The van der Waals surface area contributed by atoms with Crippen molar-refractivity contribution in [3.8, 4) is 0 Å². The van der Waals surface area contributed by atoms with Crippen molar-refractivity contribution in [2.24, 2.45) is 0 Å². The molecule has 1 unspecified atom stereocenters. The zero-order valence-corrected chi connectivity index (χ0v) is 17.5. The maximum Gasteiger partial charge on any atom is 0.404 e. The third kappa shape index (κ3) is 4.41. The van der Waals surface area contributed by atoms with Crippen molar-refractivity contribution in [1.29, 1.82) is 0 Å². The minimum Gasteiger partial charge on any atom is -0.338 e. The highest BCUT2D eigenvalue weighted by Gasteiger charge is 2.42. The molecule has 2 N–H and O–H groups in total. The molecule has 0 bridgehead atoms. The van der Waals surface area contributed by atoms with Crippen LogP contribution in [0, 0.1) is 5.95 Å². The van der Waals surface area contributed by atoms with E-state index >= 15 is 0 Å². The van der Waals surface area contributed by atoms with Crippen LogP contribution < -0.4 is 10.0 Å². The fourth-order valence-electron chi connectivity index (χ4n) is 3.09. The van der Waals surface area contributed by atoms with E-state index in [0.29, 0.717) is 13.3 Å². The topological polar surface area (TPSA) is 93.1 Å². The van der Waals surface area contributed by atoms with Crippen molar-refractivity contribution >= 4 is 44.8 Å². The number of pyridine rings is 1. The number of rotatable bonds is 5. The van der Waals surface area contributed by atoms with Crippen LogP contribution in [0.5, 0.6) is 0 Å². The van der Waals surface area contributed by atoms with Gasteiger partial charge in [-0.2, -0.15) is 22.3 Å². The maximum atomic E-state index is 13.4. The van der Waals surface area contributed by atoms with Gasteiger partial charge in [0.2, 0.25) is 16.0 Å². The minimum absolute atomic E-state index is 0.0599. The summed E-state index contributed by atoms with van der Waals surface area (Å²) in [5.74, 6) is -1.84. The largest absolute Gasteiger partial charge is 0.404 e. The summed E-state index contributed by atoms with van der Waals surface area (Å²) in [5.41, 5.74) is -0.209. The second kappa shape index (κ2) is 7.98. The summed E-state index contributed by atoms with van der Waals surface area (Å²) < 4.78 is 80.0. The summed E-state index contributed by atoms with van der Waals surface area (Å²) >= 11 is 11.8. The lowest BCUT2D eigenvalue weighted by Crippen LogP contribution is -2.43. The second-order valence-corrected chi connectivity index (χ2v) is 8.95. The van der Waals surface area contributed by atoms with E-state index in [1.165, 1.54) is 4.57 Å². The van der Waals surface area contributed by atoms with Crippen molar-refractivity contribution < 1.29 is 30.8 Å². The van der Waals surface area contributed by atoms with Crippen molar-refractivity contribution in [2.45, 2.75) is 43.4 Å². The first-order valence-corrected chi connectivity index (χ1v) is 10.7. The Bertz CT molecular complexity index is 1100. The Hall–Kier alpha value is -1.89. The van der Waals surface area contributed by atoms with Gasteiger partial charge in [-0.25, -0.2) is 13.4 Å². The summed E-state index contributed by atoms with van der Waals surface area (Å²) in [4.78, 5) is 15.5. The summed E-state index contributed by atoms with van der Waals surface area (Å²) in [6, 6.07) is -0.320. The second-order valence-electron chi connectivity index (χ2n) is 6.53. The number of nitrogens with zero attached hydrogens (tertiary/aromatic N) is 2. The molecule has 0 fully saturated rings. The summed E-state index contributed by atoms with van der Waals surface area (Å²) in [5, 5.41) is 1.58. The zero-order chi connectivity index (χ0) is 22.4. The van der Waals surface area contributed by atoms with Gasteiger partial charge in [0, 0.05) is 24.0 Å². The van der Waals surface area contributed by atoms with Crippen LogP contribution in [0.3, 0.4) is 0 Å². The fraction of sp³-hybridized carbons (Fsp3) is 0.375. The number of sulfonamides is 1. The van der Waals surface area contributed by atoms with E-state index < -0.39 is 44.0 Å². The Kier molecular flexibility index (Phi) is 6.07. The van der Waals surface area contributed by atoms with Gasteiger partial charge in [-0.15, -0.1) is 0 Å². The van der Waals surface area contributed by atoms with E-state index in [4.69, 9.17) is 23.2 Å². The minimum atomic E-state index is -4.81. The molecule has 0 saturated carbocycles. The molecule has 3 heterocycles. The van der Waals surface area contributed by atoms with Gasteiger partial charge in [0.05, 0.1) is 5.02 Å². The standard InChI is InChI=1S/C16H14Cl2F4N4O3S/c1-7(16(20,21)22)25-30(28,29)14-9-3-2-4-26(9)13(12(14)18)15(27)23-8-5-10(17)24-11(19)6-8/h5-7,25H,2-4H2,1H3,(H,23,24,27). The van der Waals surface area contributed by atoms with Crippen LogP contribution in [-0.4, -0.2) is 36.1 Å². The summed E-state index contributed by atoms with van der Waals surface area (Å²) in [7, 11) is -4.69. The van der Waals surface area contributed by atoms with Gasteiger partial charge in [0.15, 0.2) is 0 Å². The maximum absolute atomic E-state index is 13.4. The third-order valence-corrected chi connectivity index (χ3v) is 6.70. The number of fused-ring (bicyclic) bond motifs is 1. The average Bonchev–Trinajstić information content (AvgIpc) is 3.11. The molecule has 1 aliphatic heterocycles. The number of halogens is 6. The molecule has 1 aliphatic rings. The van der Waals surface area contributed by atoms with Crippen molar-refractivity contribution in [3.05, 3.63) is 39.6 Å². The quantitative estimate of drug-likeness (QED) is 0.494. The predicted octanol–water partition coefficient (Wildman–Crippen LogP) is 3.76. The molecule has 0 spiro atoms. The van der Waals surface area contributed by atoms with Crippen LogP contribution in [0.1, 0.15) is 29.5 Å². The van der Waals surface area contributed by atoms with Gasteiger partial charge in [-0.3, -0.25) is 4.79 Å². The highest BCUT2D eigenvalue weighted by atomic mass is 35.5. The molecule has 14 heteroatoms. The normalized spacial score (nSPS) is 15.2. The first kappa shape index (κ1) is 22.8. The molecule has 2 aromatic rings. The number of hydrogen-bond acceptors (Lipinski definition) is 4. The Morgan fingerprint density at radius 2 is 1.97 bits per heavy atom. The zero-order valence-electron chi connectivity index (χ0n) is 15.1. The highest BCUT2D eigenvalue weighted by molar-refractivity contribution is 7.89. The molecule has 0 aliphatic carbocycles. The number of carbonyl (C=O) groups is 1. The van der Waals surface area contributed by atoms with E-state index in [-0.39, 0.29) is 35.2 Å². The predicted molar refractivity (Wildman–Crippen MR) is 101 cm³/mol. The number of nitrogens with one attached hydrogen (secondary N) is 2. The molecular formula is C16H14Cl2F4N4O3S. The number of anilines is 1. The summed E-state index contributed by atoms with van der Waals surface area (Å²) in [6.07, 6.45) is -4.16. The Labute approximate surface area is 178 Å². The third-order valence-electron chi connectivity index (χ3n) is 4.39. The Morgan fingerprint density at radius 3 is 2.57 bits per heavy atom. The first-order valence-electron chi connectivity index (χ1n) is 8.45. The van der Waals surface area contributed by atoms with Crippen molar-refractivity contribution in [2.75, 3.05) is 5.32 Å². The van der Waals surface area contributed by atoms with Crippen LogP contribution in [0.25, 0.3) is 0 Å². The van der Waals surface area contributed by atoms with E-state index in [1.807, 2.05) is 0 Å². The molecule has 164 valence electrons. The van der Waals surface area contributed by atoms with Gasteiger partial charge in [0.1, 0.15) is 21.8 Å². The van der Waals surface area contributed by atoms with Crippen LogP contribution in [0.2, 0.25) is 10.2 Å². The molecule has 7 nitrogen and oxygen atoms in total. The molecule has 30 heavy (non-hydrogen) atoms. The van der Waals surface area contributed by atoms with E-state index in [0.717, 1.165) is 12.1 Å². The van der Waals surface area contributed by atoms with Crippen molar-refractivity contribution in [3.63, 3.8) is 0 Å². The first-order chi connectivity index (χ1) is 13.8. The van der Waals surface area contributed by atoms with Crippen LogP contribution >= 0.6 is 23.2 Å². The number of carbonyl (C=O) groups excluding carboxylic acids is 1. The number of alkyl halides is 3. The SMILES string of the molecule is CC(NS(=O)(=O)c1c(Cl)c(C(=O)Nc2cc(F)nc(Cl)c2)n2c1CCC2)C(F)(F)F. The van der Waals surface area contributed by atoms with Crippen molar-refractivity contribution in [1.82, 2.24) is 14.3 Å². The molecule has 1 atom stereocenters. The average molecular weight is 489 g/mol. The Balaban J connectivity index is 2.01. The van der Waals surface area contributed by atoms with Gasteiger partial charge < -0.3 is 9.88 Å². The molecule has 1 amide bonds. The van der Waals surface area contributed by atoms with E-state index in [1.54, 1.807) is 4.72 Å². The monoisotopic (exact) mass is 488 g/mol. The lowest BCUT2D eigenvalue weighted by atomic mass is 10.3. The highest BCUT2D eigenvalue weighted by Crippen LogP contribution is 2.37. The van der Waals surface area contributed by atoms with Gasteiger partial charge in [-0.1, -0.05) is 23.2 Å². The lowest BCUT2D eigenvalue weighted by Gasteiger charge is -2.17.